The predicted octanol–water partition coefficient (Wildman–Crippen LogP) is 0.514. The van der Waals surface area contributed by atoms with Gasteiger partial charge in [-0.05, 0) is 41.9 Å². The van der Waals surface area contributed by atoms with Crippen molar-refractivity contribution in [3.8, 4) is 0 Å². The molecular weight excluding hydrogens is 384 g/mol. The van der Waals surface area contributed by atoms with Crippen LogP contribution >= 0.6 is 23.4 Å². The molecule has 26 heavy (non-hydrogen) atoms. The molecule has 0 unspecified atom stereocenters. The highest BCUT2D eigenvalue weighted by molar-refractivity contribution is 7.99. The Morgan fingerprint density at radius 3 is 2.62 bits per heavy atom. The number of thioether (sulfide) groups is 1. The lowest BCUT2D eigenvalue weighted by Gasteiger charge is -2.38. The lowest BCUT2D eigenvalue weighted by molar-refractivity contribution is -0.205. The van der Waals surface area contributed by atoms with Crippen molar-refractivity contribution in [1.82, 2.24) is 10.2 Å². The maximum atomic E-state index is 10.0. The van der Waals surface area contributed by atoms with Crippen molar-refractivity contribution in [2.75, 3.05) is 6.61 Å². The van der Waals surface area contributed by atoms with Crippen molar-refractivity contribution < 1.29 is 29.6 Å². The van der Waals surface area contributed by atoms with Crippen LogP contribution in [-0.4, -0.2) is 67.1 Å². The molecule has 1 saturated heterocycles. The Hall–Kier alpha value is -1.20. The van der Waals surface area contributed by atoms with Gasteiger partial charge in [0.05, 0.1) is 13.0 Å². The highest BCUT2D eigenvalue weighted by Crippen LogP contribution is 2.33. The Morgan fingerprint density at radius 2 is 1.92 bits per heavy atom. The summed E-state index contributed by atoms with van der Waals surface area (Å²) in [6.07, 6.45) is -4.78. The highest BCUT2D eigenvalue weighted by Gasteiger charge is 2.44. The molecule has 1 aliphatic heterocycles. The van der Waals surface area contributed by atoms with Gasteiger partial charge in [-0.15, -0.1) is 10.2 Å². The first-order valence-corrected chi connectivity index (χ1v) is 9.19. The van der Waals surface area contributed by atoms with Crippen molar-refractivity contribution >= 4 is 23.4 Å². The number of aliphatic hydroxyl groups excluding tert-OH is 4. The van der Waals surface area contributed by atoms with Gasteiger partial charge in [-0.25, -0.2) is 0 Å². The third-order valence-corrected chi connectivity index (χ3v) is 5.38. The SMILES string of the molecule is Cc1cc(Cl)ccc1Cc1nnc(S[C@@H]2O[C@H](CO)[C@@H](O)[C@H](O)[C@H]2O)o1. The van der Waals surface area contributed by atoms with Gasteiger partial charge in [-0.2, -0.15) is 0 Å². The normalized spacial score (nSPS) is 29.1. The van der Waals surface area contributed by atoms with E-state index in [1.54, 1.807) is 6.07 Å². The number of aromatic nitrogens is 2. The summed E-state index contributed by atoms with van der Waals surface area (Å²) in [7, 11) is 0. The van der Waals surface area contributed by atoms with Gasteiger partial charge in [-0.1, -0.05) is 17.7 Å². The van der Waals surface area contributed by atoms with Gasteiger partial charge in [0.1, 0.15) is 29.9 Å². The maximum absolute atomic E-state index is 10.0. The lowest BCUT2D eigenvalue weighted by Crippen LogP contribution is -2.57. The van der Waals surface area contributed by atoms with E-state index in [1.165, 1.54) is 0 Å². The van der Waals surface area contributed by atoms with Gasteiger partial charge in [0.25, 0.3) is 5.22 Å². The second-order valence-corrected chi connectivity index (χ2v) is 7.51. The second-order valence-electron chi connectivity index (χ2n) is 6.02. The number of rotatable bonds is 5. The van der Waals surface area contributed by atoms with Crippen LogP contribution in [-0.2, 0) is 11.2 Å². The highest BCUT2D eigenvalue weighted by atomic mass is 35.5. The van der Waals surface area contributed by atoms with Crippen molar-refractivity contribution in [2.24, 2.45) is 0 Å². The van der Waals surface area contributed by atoms with E-state index in [4.69, 9.17) is 20.8 Å². The van der Waals surface area contributed by atoms with E-state index in [-0.39, 0.29) is 5.22 Å². The number of hydrogen-bond donors (Lipinski definition) is 4. The summed E-state index contributed by atoms with van der Waals surface area (Å²) in [4.78, 5) is 0. The molecule has 1 aromatic heterocycles. The first-order valence-electron chi connectivity index (χ1n) is 7.93. The zero-order chi connectivity index (χ0) is 18.8. The van der Waals surface area contributed by atoms with Crippen LogP contribution in [0.1, 0.15) is 17.0 Å². The molecule has 4 N–H and O–H groups in total. The van der Waals surface area contributed by atoms with Gasteiger partial charge in [-0.3, -0.25) is 0 Å². The van der Waals surface area contributed by atoms with Crippen molar-refractivity contribution in [3.05, 3.63) is 40.2 Å². The number of hydrogen-bond acceptors (Lipinski definition) is 9. The number of ether oxygens (including phenoxy) is 1. The van der Waals surface area contributed by atoms with Crippen LogP contribution in [0.2, 0.25) is 5.02 Å². The van der Waals surface area contributed by atoms with E-state index in [0.29, 0.717) is 17.3 Å². The molecule has 2 aromatic rings. The fourth-order valence-corrected chi connectivity index (χ4v) is 3.80. The van der Waals surface area contributed by atoms with E-state index in [2.05, 4.69) is 10.2 Å². The molecule has 142 valence electrons. The summed E-state index contributed by atoms with van der Waals surface area (Å²) in [6.45, 7) is 1.44. The van der Waals surface area contributed by atoms with E-state index in [1.807, 2.05) is 19.1 Å². The summed E-state index contributed by atoms with van der Waals surface area (Å²) in [5, 5.41) is 47.5. The van der Waals surface area contributed by atoms with Crippen LogP contribution in [0.4, 0.5) is 0 Å². The van der Waals surface area contributed by atoms with Crippen LogP contribution in [0.25, 0.3) is 0 Å². The first-order chi connectivity index (χ1) is 12.4. The topological polar surface area (TPSA) is 129 Å². The Kier molecular flexibility index (Phi) is 6.18. The van der Waals surface area contributed by atoms with E-state index >= 15 is 0 Å². The molecule has 0 radical (unpaired) electrons. The van der Waals surface area contributed by atoms with Crippen LogP contribution in [0.3, 0.4) is 0 Å². The summed E-state index contributed by atoms with van der Waals surface area (Å²) in [5.74, 6) is 0.377. The third-order valence-electron chi connectivity index (χ3n) is 4.16. The Bertz CT molecular complexity index is 758. The molecule has 2 heterocycles. The smallest absolute Gasteiger partial charge is 0.279 e. The summed E-state index contributed by atoms with van der Waals surface area (Å²) in [6, 6.07) is 5.51. The van der Waals surface area contributed by atoms with E-state index in [9.17, 15) is 20.4 Å². The molecule has 10 heteroatoms. The molecule has 1 aliphatic rings. The largest absolute Gasteiger partial charge is 0.416 e. The fraction of sp³-hybridized carbons (Fsp3) is 0.500. The number of aryl methyl sites for hydroxylation is 1. The minimum atomic E-state index is -1.45. The minimum absolute atomic E-state index is 0.149. The first kappa shape index (κ1) is 19.6. The molecular formula is C16H19ClN2O6S. The number of halogens is 1. The summed E-state index contributed by atoms with van der Waals surface area (Å²) < 4.78 is 11.0. The molecule has 0 aliphatic carbocycles. The molecule has 0 saturated carbocycles. The monoisotopic (exact) mass is 402 g/mol. The summed E-state index contributed by atoms with van der Waals surface area (Å²) in [5.41, 5.74) is 1.03. The van der Waals surface area contributed by atoms with E-state index in [0.717, 1.165) is 22.9 Å². The Balaban J connectivity index is 1.68. The van der Waals surface area contributed by atoms with Gasteiger partial charge in [0.2, 0.25) is 5.89 Å². The van der Waals surface area contributed by atoms with Crippen molar-refractivity contribution in [2.45, 2.75) is 48.4 Å². The predicted molar refractivity (Wildman–Crippen MR) is 92.9 cm³/mol. The molecule has 0 bridgehead atoms. The van der Waals surface area contributed by atoms with Crippen LogP contribution in [0, 0.1) is 6.92 Å². The minimum Gasteiger partial charge on any atom is -0.416 e. The van der Waals surface area contributed by atoms with Crippen molar-refractivity contribution in [3.63, 3.8) is 0 Å². The third kappa shape index (κ3) is 4.20. The zero-order valence-electron chi connectivity index (χ0n) is 13.8. The molecule has 8 nitrogen and oxygen atoms in total. The molecule has 0 spiro atoms. The van der Waals surface area contributed by atoms with Crippen molar-refractivity contribution in [1.29, 1.82) is 0 Å². The molecule has 1 aromatic carbocycles. The van der Waals surface area contributed by atoms with Gasteiger partial charge in [0.15, 0.2) is 0 Å². The molecule has 3 rings (SSSR count). The maximum Gasteiger partial charge on any atom is 0.279 e. The van der Waals surface area contributed by atoms with Crippen LogP contribution in [0.5, 0.6) is 0 Å². The average Bonchev–Trinajstić information content (AvgIpc) is 3.05. The number of aliphatic hydroxyl groups is 4. The second kappa shape index (κ2) is 8.22. The van der Waals surface area contributed by atoms with Crippen LogP contribution in [0.15, 0.2) is 27.8 Å². The van der Waals surface area contributed by atoms with Gasteiger partial charge < -0.3 is 29.6 Å². The molecule has 1 fully saturated rings. The Morgan fingerprint density at radius 1 is 1.15 bits per heavy atom. The zero-order valence-corrected chi connectivity index (χ0v) is 15.4. The lowest BCUT2D eigenvalue weighted by atomic mass is 10.0. The summed E-state index contributed by atoms with van der Waals surface area (Å²) >= 11 is 6.86. The van der Waals surface area contributed by atoms with E-state index < -0.39 is 36.5 Å². The fourth-order valence-electron chi connectivity index (χ4n) is 2.64. The van der Waals surface area contributed by atoms with Crippen LogP contribution < -0.4 is 0 Å². The molecule has 0 amide bonds. The number of benzene rings is 1. The Labute approximate surface area is 158 Å². The molecule has 5 atom stereocenters. The van der Waals surface area contributed by atoms with Gasteiger partial charge >= 0.3 is 0 Å². The number of nitrogens with zero attached hydrogens (tertiary/aromatic N) is 2. The quantitative estimate of drug-likeness (QED) is 0.565. The standard InChI is InChI=1S/C16H19ClN2O6S/c1-7-4-9(17)3-2-8(7)5-11-18-19-16(25-11)26-15-14(23)13(22)12(21)10(6-20)24-15/h2-4,10,12-15,20-23H,5-6H2,1H3/t10-,12-,13+,14-,15+/m1/s1. The van der Waals surface area contributed by atoms with Gasteiger partial charge in [0, 0.05) is 5.02 Å². The average molecular weight is 403 g/mol.